The quantitative estimate of drug-likeness (QED) is 0.454. The molecule has 0 aliphatic carbocycles. The lowest BCUT2D eigenvalue weighted by atomic mass is 9.92. The Labute approximate surface area is 189 Å². The summed E-state index contributed by atoms with van der Waals surface area (Å²) in [5.41, 5.74) is 2.51. The zero-order valence-electron chi connectivity index (χ0n) is 17.7. The van der Waals surface area contributed by atoms with Crippen molar-refractivity contribution < 1.29 is 13.9 Å². The van der Waals surface area contributed by atoms with Crippen LogP contribution in [-0.2, 0) is 0 Å². The Kier molecular flexibility index (Phi) is 5.30. The second-order valence-corrected chi connectivity index (χ2v) is 8.38. The Balaban J connectivity index is 1.47. The fourth-order valence-electron chi connectivity index (χ4n) is 4.17. The number of nitrogens with zero attached hydrogens (tertiary/aromatic N) is 5. The predicted octanol–water partition coefficient (Wildman–Crippen LogP) is 4.48. The van der Waals surface area contributed by atoms with Gasteiger partial charge in [-0.2, -0.15) is 15.0 Å². The monoisotopic (exact) mass is 451 g/mol. The zero-order valence-corrected chi connectivity index (χ0v) is 18.5. The van der Waals surface area contributed by atoms with Crippen LogP contribution in [0, 0.1) is 0 Å². The van der Waals surface area contributed by atoms with Crippen LogP contribution in [0.3, 0.4) is 0 Å². The van der Waals surface area contributed by atoms with E-state index < -0.39 is 0 Å². The highest BCUT2D eigenvalue weighted by Crippen LogP contribution is 2.34. The van der Waals surface area contributed by atoms with Crippen molar-refractivity contribution >= 4 is 28.6 Å². The van der Waals surface area contributed by atoms with Gasteiger partial charge in [0.2, 0.25) is 0 Å². The number of hydrogen-bond acceptors (Lipinski definition) is 6. The first-order valence-corrected chi connectivity index (χ1v) is 10.8. The van der Waals surface area contributed by atoms with Crippen molar-refractivity contribution in [2.24, 2.45) is 0 Å². The van der Waals surface area contributed by atoms with Gasteiger partial charge in [0.15, 0.2) is 11.5 Å². The Morgan fingerprint density at radius 1 is 1.16 bits per heavy atom. The summed E-state index contributed by atoms with van der Waals surface area (Å²) in [6, 6.07) is 10.8. The molecule has 0 N–H and O–H groups in total. The van der Waals surface area contributed by atoms with Crippen LogP contribution in [0.25, 0.3) is 16.8 Å². The molecule has 3 heterocycles. The first-order chi connectivity index (χ1) is 15.5. The topological polar surface area (TPSA) is 86.3 Å². The highest BCUT2D eigenvalue weighted by Gasteiger charge is 2.34. The van der Waals surface area contributed by atoms with Crippen LogP contribution in [0.2, 0.25) is 5.02 Å². The van der Waals surface area contributed by atoms with E-state index in [0.717, 1.165) is 18.4 Å². The fraction of sp³-hybridized carbons (Fsp3) is 0.304. The van der Waals surface area contributed by atoms with E-state index >= 15 is 0 Å². The van der Waals surface area contributed by atoms with Crippen LogP contribution < -0.4 is 4.74 Å². The van der Waals surface area contributed by atoms with E-state index in [-0.39, 0.29) is 17.9 Å². The molecule has 0 unspecified atom stereocenters. The van der Waals surface area contributed by atoms with Gasteiger partial charge >= 0.3 is 0 Å². The third-order valence-electron chi connectivity index (χ3n) is 5.93. The third kappa shape index (κ3) is 3.71. The Morgan fingerprint density at radius 3 is 2.75 bits per heavy atom. The molecule has 0 radical (unpaired) electrons. The maximum atomic E-state index is 13.7. The minimum atomic E-state index is -0.104. The average Bonchev–Trinajstić information content (AvgIpc) is 3.48. The first kappa shape index (κ1) is 20.5. The van der Waals surface area contributed by atoms with Gasteiger partial charge in [0.25, 0.3) is 5.91 Å². The summed E-state index contributed by atoms with van der Waals surface area (Å²) >= 11 is 6.09. The minimum Gasteiger partial charge on any atom is -0.497 e. The number of halogens is 1. The van der Waals surface area contributed by atoms with E-state index in [9.17, 15) is 4.79 Å². The molecule has 2 aromatic carbocycles. The number of amides is 1. The summed E-state index contributed by atoms with van der Waals surface area (Å²) in [7, 11) is 1.58. The molecule has 0 saturated carbocycles. The normalized spacial score (nSPS) is 18.8. The minimum absolute atomic E-state index is 0.00166. The number of aromatic nitrogens is 4. The standard InChI is InChI=1S/C23H22ClN5O3/c1-14-3-4-15(22-27-19-11-16(24)5-8-21(19)32-22)13-28(14)23(30)18-12-17(31-2)6-7-20(18)29-25-9-10-26-29/h5-12,14-15H,3-4,13H2,1-2H3/t14-,15-/m1/s1. The van der Waals surface area contributed by atoms with Crippen LogP contribution in [-0.4, -0.2) is 50.5 Å². The van der Waals surface area contributed by atoms with Crippen LogP contribution >= 0.6 is 11.6 Å². The second-order valence-electron chi connectivity index (χ2n) is 7.95. The number of rotatable bonds is 4. The van der Waals surface area contributed by atoms with Crippen molar-refractivity contribution in [3.05, 3.63) is 65.3 Å². The van der Waals surface area contributed by atoms with Crippen molar-refractivity contribution in [1.82, 2.24) is 24.9 Å². The SMILES string of the molecule is COc1ccc(-n2nccn2)c(C(=O)N2C[C@H](c3nc4cc(Cl)ccc4o3)CC[C@H]2C)c1. The highest BCUT2D eigenvalue weighted by atomic mass is 35.5. The van der Waals surface area contributed by atoms with Crippen LogP contribution in [0.15, 0.2) is 53.2 Å². The molecular weight excluding hydrogens is 430 g/mol. The van der Waals surface area contributed by atoms with Gasteiger partial charge in [0.1, 0.15) is 11.3 Å². The number of benzene rings is 2. The average molecular weight is 452 g/mol. The molecule has 2 atom stereocenters. The first-order valence-electron chi connectivity index (χ1n) is 10.4. The highest BCUT2D eigenvalue weighted by molar-refractivity contribution is 6.31. The molecule has 32 heavy (non-hydrogen) atoms. The van der Waals surface area contributed by atoms with E-state index in [1.165, 1.54) is 4.80 Å². The molecule has 0 bridgehead atoms. The van der Waals surface area contributed by atoms with E-state index in [0.29, 0.717) is 40.0 Å². The van der Waals surface area contributed by atoms with Crippen LogP contribution in [0.1, 0.15) is 41.9 Å². The zero-order chi connectivity index (χ0) is 22.2. The van der Waals surface area contributed by atoms with Crippen molar-refractivity contribution in [2.45, 2.75) is 31.7 Å². The van der Waals surface area contributed by atoms with Gasteiger partial charge in [-0.15, -0.1) is 0 Å². The van der Waals surface area contributed by atoms with Crippen LogP contribution in [0.4, 0.5) is 0 Å². The lowest BCUT2D eigenvalue weighted by Gasteiger charge is -2.37. The molecule has 5 rings (SSSR count). The number of ether oxygens (including phenoxy) is 1. The molecule has 1 fully saturated rings. The van der Waals surface area contributed by atoms with Crippen molar-refractivity contribution in [1.29, 1.82) is 0 Å². The smallest absolute Gasteiger partial charge is 0.256 e. The molecule has 1 amide bonds. The van der Waals surface area contributed by atoms with Gasteiger partial charge in [-0.05, 0) is 56.2 Å². The molecule has 8 nitrogen and oxygen atoms in total. The number of carbonyl (C=O) groups is 1. The van der Waals surface area contributed by atoms with Gasteiger partial charge in [0.05, 0.1) is 36.7 Å². The maximum absolute atomic E-state index is 13.7. The summed E-state index contributed by atoms with van der Waals surface area (Å²) < 4.78 is 11.4. The molecule has 2 aromatic heterocycles. The Hall–Kier alpha value is -3.39. The Bertz CT molecular complexity index is 1270. The van der Waals surface area contributed by atoms with Gasteiger partial charge in [-0.1, -0.05) is 11.6 Å². The lowest BCUT2D eigenvalue weighted by Crippen LogP contribution is -2.45. The van der Waals surface area contributed by atoms with Crippen molar-refractivity contribution in [3.63, 3.8) is 0 Å². The number of oxazole rings is 1. The number of hydrogen-bond donors (Lipinski definition) is 0. The van der Waals surface area contributed by atoms with E-state index in [1.54, 1.807) is 49.8 Å². The molecule has 0 spiro atoms. The van der Waals surface area contributed by atoms with Crippen LogP contribution in [0.5, 0.6) is 5.75 Å². The number of methoxy groups -OCH3 is 1. The number of piperidine rings is 1. The fourth-order valence-corrected chi connectivity index (χ4v) is 4.33. The number of fused-ring (bicyclic) bond motifs is 1. The summed E-state index contributed by atoms with van der Waals surface area (Å²) in [6.45, 7) is 2.57. The van der Waals surface area contributed by atoms with Gasteiger partial charge in [0, 0.05) is 17.6 Å². The largest absolute Gasteiger partial charge is 0.497 e. The molecule has 1 saturated heterocycles. The maximum Gasteiger partial charge on any atom is 0.256 e. The third-order valence-corrected chi connectivity index (χ3v) is 6.16. The van der Waals surface area contributed by atoms with Crippen molar-refractivity contribution in [3.8, 4) is 11.4 Å². The second kappa shape index (κ2) is 8.27. The van der Waals surface area contributed by atoms with Gasteiger partial charge in [-0.3, -0.25) is 4.79 Å². The summed E-state index contributed by atoms with van der Waals surface area (Å²) in [5, 5.41) is 9.02. The molecule has 1 aliphatic heterocycles. The predicted molar refractivity (Wildman–Crippen MR) is 119 cm³/mol. The summed E-state index contributed by atoms with van der Waals surface area (Å²) in [6.07, 6.45) is 4.89. The van der Waals surface area contributed by atoms with Gasteiger partial charge < -0.3 is 14.1 Å². The van der Waals surface area contributed by atoms with E-state index in [1.807, 2.05) is 11.0 Å². The number of carbonyl (C=O) groups excluding carboxylic acids is 1. The lowest BCUT2D eigenvalue weighted by molar-refractivity contribution is 0.0597. The molecular formula is C23H22ClN5O3. The van der Waals surface area contributed by atoms with Crippen molar-refractivity contribution in [2.75, 3.05) is 13.7 Å². The van der Waals surface area contributed by atoms with E-state index in [4.69, 9.17) is 20.8 Å². The van der Waals surface area contributed by atoms with E-state index in [2.05, 4.69) is 22.1 Å². The molecule has 9 heteroatoms. The summed E-state index contributed by atoms with van der Waals surface area (Å²) in [4.78, 5) is 21.7. The molecule has 164 valence electrons. The Morgan fingerprint density at radius 2 is 1.97 bits per heavy atom. The number of likely N-dealkylation sites (tertiary alicyclic amines) is 1. The summed E-state index contributed by atoms with van der Waals surface area (Å²) in [5.74, 6) is 1.12. The van der Waals surface area contributed by atoms with Gasteiger partial charge in [-0.25, -0.2) is 4.98 Å². The molecule has 4 aromatic rings. The molecule has 1 aliphatic rings.